The van der Waals surface area contributed by atoms with Gasteiger partial charge in [-0.3, -0.25) is 4.79 Å². The molecule has 24 heavy (non-hydrogen) atoms. The highest BCUT2D eigenvalue weighted by Crippen LogP contribution is 2.21. The summed E-state index contributed by atoms with van der Waals surface area (Å²) in [7, 11) is 0. The van der Waals surface area contributed by atoms with Gasteiger partial charge in [0, 0.05) is 22.7 Å². The first-order valence-electron chi connectivity index (χ1n) is 7.75. The van der Waals surface area contributed by atoms with Gasteiger partial charge in [-0.25, -0.2) is 0 Å². The number of rotatable bonds is 6. The fraction of sp³-hybridized carbons (Fsp3) is 0.211. The molecule has 0 spiro atoms. The Morgan fingerprint density at radius 1 is 1.17 bits per heavy atom. The number of aliphatic hydroxyl groups excluding tert-OH is 1. The quantitative estimate of drug-likeness (QED) is 0.703. The average molecular weight is 360 g/mol. The molecule has 1 aromatic heterocycles. The maximum absolute atomic E-state index is 12.1. The van der Waals surface area contributed by atoms with Crippen LogP contribution in [0.2, 0.25) is 5.02 Å². The molecular weight excluding hydrogens is 342 g/mol. The van der Waals surface area contributed by atoms with Gasteiger partial charge < -0.3 is 10.4 Å². The van der Waals surface area contributed by atoms with Gasteiger partial charge in [0.2, 0.25) is 5.91 Å². The molecule has 3 rings (SSSR count). The maximum atomic E-state index is 12.1. The number of aliphatic hydroxyl groups is 1. The van der Waals surface area contributed by atoms with Crippen LogP contribution in [-0.4, -0.2) is 23.7 Å². The van der Waals surface area contributed by atoms with Gasteiger partial charge in [-0.1, -0.05) is 29.8 Å². The third-order valence-corrected chi connectivity index (χ3v) is 4.91. The molecule has 1 atom stereocenters. The zero-order valence-electron chi connectivity index (χ0n) is 13.0. The van der Waals surface area contributed by atoms with E-state index in [1.165, 1.54) is 4.70 Å². The molecule has 0 radical (unpaired) electrons. The van der Waals surface area contributed by atoms with Crippen LogP contribution < -0.4 is 5.32 Å². The van der Waals surface area contributed by atoms with E-state index in [1.807, 2.05) is 41.8 Å². The smallest absolute Gasteiger partial charge is 0.224 e. The first-order chi connectivity index (χ1) is 11.6. The van der Waals surface area contributed by atoms with Crippen LogP contribution >= 0.6 is 22.9 Å². The van der Waals surface area contributed by atoms with Crippen LogP contribution in [0.3, 0.4) is 0 Å². The van der Waals surface area contributed by atoms with Crippen molar-refractivity contribution in [2.45, 2.75) is 18.9 Å². The predicted molar refractivity (Wildman–Crippen MR) is 99.7 cm³/mol. The molecule has 0 fully saturated rings. The Morgan fingerprint density at radius 3 is 2.88 bits per heavy atom. The van der Waals surface area contributed by atoms with E-state index in [4.69, 9.17) is 11.6 Å². The van der Waals surface area contributed by atoms with Crippen molar-refractivity contribution in [2.24, 2.45) is 0 Å². The van der Waals surface area contributed by atoms with Crippen LogP contribution in [0.15, 0.2) is 53.9 Å². The molecule has 3 aromatic rings. The van der Waals surface area contributed by atoms with E-state index in [0.717, 1.165) is 16.5 Å². The Balaban J connectivity index is 1.49. The third kappa shape index (κ3) is 4.57. The molecule has 0 bridgehead atoms. The van der Waals surface area contributed by atoms with Gasteiger partial charge in [0.05, 0.1) is 12.5 Å². The molecule has 0 aliphatic heterocycles. The van der Waals surface area contributed by atoms with E-state index in [1.54, 1.807) is 17.4 Å². The molecule has 0 saturated heterocycles. The number of amides is 1. The van der Waals surface area contributed by atoms with E-state index < -0.39 is 6.10 Å². The first-order valence-corrected chi connectivity index (χ1v) is 9.01. The Hall–Kier alpha value is -1.88. The number of carbonyl (C=O) groups is 1. The maximum Gasteiger partial charge on any atom is 0.224 e. The molecule has 0 aliphatic carbocycles. The topological polar surface area (TPSA) is 49.3 Å². The summed E-state index contributed by atoms with van der Waals surface area (Å²) in [6.45, 7) is 0.228. The lowest BCUT2D eigenvalue weighted by Gasteiger charge is -2.12. The minimum atomic E-state index is -0.633. The Morgan fingerprint density at radius 2 is 2.04 bits per heavy atom. The summed E-state index contributed by atoms with van der Waals surface area (Å²) in [6, 6.07) is 15.5. The Kier molecular flexibility index (Phi) is 5.51. The van der Waals surface area contributed by atoms with Crippen LogP contribution in [0.5, 0.6) is 0 Å². The normalized spacial score (nSPS) is 12.2. The highest BCUT2D eigenvalue weighted by atomic mass is 35.5. The summed E-state index contributed by atoms with van der Waals surface area (Å²) in [6.07, 6.45) is 0.143. The van der Waals surface area contributed by atoms with Gasteiger partial charge in [-0.05, 0) is 52.2 Å². The third-order valence-electron chi connectivity index (χ3n) is 3.78. The Labute approximate surface area is 149 Å². The zero-order valence-corrected chi connectivity index (χ0v) is 14.6. The van der Waals surface area contributed by atoms with Gasteiger partial charge in [0.25, 0.3) is 0 Å². The van der Waals surface area contributed by atoms with Crippen molar-refractivity contribution in [3.8, 4) is 0 Å². The largest absolute Gasteiger partial charge is 0.391 e. The number of hydrogen-bond acceptors (Lipinski definition) is 3. The minimum absolute atomic E-state index is 0.0882. The fourth-order valence-electron chi connectivity index (χ4n) is 2.61. The molecule has 0 saturated carbocycles. The van der Waals surface area contributed by atoms with Crippen molar-refractivity contribution >= 4 is 38.9 Å². The summed E-state index contributed by atoms with van der Waals surface area (Å²) in [5.41, 5.74) is 1.93. The zero-order chi connectivity index (χ0) is 16.9. The fourth-order valence-corrected chi connectivity index (χ4v) is 3.60. The molecule has 0 aliphatic rings. The molecule has 2 aromatic carbocycles. The number of thiophene rings is 1. The van der Waals surface area contributed by atoms with Crippen molar-refractivity contribution in [2.75, 3.05) is 6.54 Å². The van der Waals surface area contributed by atoms with Crippen LogP contribution in [0, 0.1) is 0 Å². The molecule has 1 unspecified atom stereocenters. The van der Waals surface area contributed by atoms with E-state index in [9.17, 15) is 9.90 Å². The van der Waals surface area contributed by atoms with Crippen molar-refractivity contribution in [3.63, 3.8) is 0 Å². The van der Waals surface area contributed by atoms with Crippen molar-refractivity contribution < 1.29 is 9.90 Å². The second kappa shape index (κ2) is 7.79. The summed E-state index contributed by atoms with van der Waals surface area (Å²) < 4.78 is 1.22. The van der Waals surface area contributed by atoms with Crippen LogP contribution in [0.25, 0.3) is 10.1 Å². The molecular formula is C19H18ClNO2S. The van der Waals surface area contributed by atoms with E-state index in [2.05, 4.69) is 11.4 Å². The highest BCUT2D eigenvalue weighted by Gasteiger charge is 2.09. The van der Waals surface area contributed by atoms with Crippen molar-refractivity contribution in [1.29, 1.82) is 0 Å². The second-order valence-corrected chi connectivity index (χ2v) is 7.15. The number of nitrogens with one attached hydrogen (secondary N) is 1. The summed E-state index contributed by atoms with van der Waals surface area (Å²) >= 11 is 7.62. The molecule has 1 heterocycles. The monoisotopic (exact) mass is 359 g/mol. The van der Waals surface area contributed by atoms with Gasteiger partial charge in [0.15, 0.2) is 0 Å². The summed E-state index contributed by atoms with van der Waals surface area (Å²) in [5.74, 6) is -0.0882. The van der Waals surface area contributed by atoms with Crippen LogP contribution in [0.4, 0.5) is 0 Å². The van der Waals surface area contributed by atoms with E-state index in [0.29, 0.717) is 17.9 Å². The number of benzene rings is 2. The average Bonchev–Trinajstić information content (AvgIpc) is 3.00. The molecule has 1 amide bonds. The highest BCUT2D eigenvalue weighted by molar-refractivity contribution is 7.17. The molecule has 2 N–H and O–H groups in total. The van der Waals surface area contributed by atoms with Crippen molar-refractivity contribution in [1.82, 2.24) is 5.32 Å². The minimum Gasteiger partial charge on any atom is -0.391 e. The Bertz CT molecular complexity index is 846. The van der Waals surface area contributed by atoms with Gasteiger partial charge in [0.1, 0.15) is 0 Å². The lowest BCUT2D eigenvalue weighted by molar-refractivity contribution is -0.120. The summed E-state index contributed by atoms with van der Waals surface area (Å²) in [4.78, 5) is 12.1. The number of hydrogen-bond donors (Lipinski definition) is 2. The standard InChI is InChI=1S/C19H18ClNO2S/c20-16-3-1-2-13(9-16)10-17(22)12-21-19(23)11-14-4-5-18-15(8-14)6-7-24-18/h1-9,17,22H,10-12H2,(H,21,23). The van der Waals surface area contributed by atoms with Crippen LogP contribution in [0.1, 0.15) is 11.1 Å². The summed E-state index contributed by atoms with van der Waals surface area (Å²) in [5, 5.41) is 16.7. The molecule has 124 valence electrons. The second-order valence-electron chi connectivity index (χ2n) is 5.76. The molecule has 3 nitrogen and oxygen atoms in total. The number of fused-ring (bicyclic) bond motifs is 1. The lowest BCUT2D eigenvalue weighted by atomic mass is 10.1. The predicted octanol–water partition coefficient (Wildman–Crippen LogP) is 3.82. The van der Waals surface area contributed by atoms with Gasteiger partial charge >= 0.3 is 0 Å². The van der Waals surface area contributed by atoms with E-state index >= 15 is 0 Å². The van der Waals surface area contributed by atoms with Gasteiger partial charge in [-0.15, -0.1) is 11.3 Å². The number of carbonyl (C=O) groups excluding carboxylic acids is 1. The van der Waals surface area contributed by atoms with Crippen LogP contribution in [-0.2, 0) is 17.6 Å². The number of halogens is 1. The van der Waals surface area contributed by atoms with E-state index in [-0.39, 0.29) is 12.5 Å². The SMILES string of the molecule is O=C(Cc1ccc2sccc2c1)NCC(O)Cc1cccc(Cl)c1. The first kappa shape index (κ1) is 17.0. The van der Waals surface area contributed by atoms with Gasteiger partial charge in [-0.2, -0.15) is 0 Å². The molecule has 5 heteroatoms. The van der Waals surface area contributed by atoms with Crippen molar-refractivity contribution in [3.05, 3.63) is 70.1 Å². The lowest BCUT2D eigenvalue weighted by Crippen LogP contribution is -2.34.